The largest absolute Gasteiger partial charge is 0.455 e. The Labute approximate surface area is 146 Å². The molecule has 0 unspecified atom stereocenters. The lowest BCUT2D eigenvalue weighted by atomic mass is 9.86. The number of rotatable bonds is 6. The van der Waals surface area contributed by atoms with Crippen LogP contribution in [0, 0.1) is 5.92 Å². The van der Waals surface area contributed by atoms with Crippen molar-refractivity contribution in [3.05, 3.63) is 71.8 Å². The average molecular weight is 336 g/mol. The zero-order valence-corrected chi connectivity index (χ0v) is 13.9. The quantitative estimate of drug-likeness (QED) is 0.501. The molecule has 2 aromatic rings. The Hall–Kier alpha value is -2.95. The number of nitrogens with zero attached hydrogens (tertiary/aromatic N) is 1. The molecule has 1 saturated carbocycles. The third-order valence-electron chi connectivity index (χ3n) is 4.17. The van der Waals surface area contributed by atoms with Crippen LogP contribution in [-0.2, 0) is 14.3 Å². The Balaban J connectivity index is 1.66. The van der Waals surface area contributed by atoms with Gasteiger partial charge in [0, 0.05) is 11.1 Å². The number of ether oxygens (including phenoxy) is 1. The average Bonchev–Trinajstić information content (AvgIpc) is 2.60. The van der Waals surface area contributed by atoms with Crippen molar-refractivity contribution in [2.24, 2.45) is 11.0 Å². The first kappa shape index (κ1) is 16.9. The molecule has 0 spiro atoms. The molecule has 3 rings (SSSR count). The van der Waals surface area contributed by atoms with Crippen molar-refractivity contribution in [1.82, 2.24) is 5.43 Å². The molecule has 0 saturated heterocycles. The molecule has 25 heavy (non-hydrogen) atoms. The molecule has 2 aromatic carbocycles. The zero-order valence-electron chi connectivity index (χ0n) is 13.9. The van der Waals surface area contributed by atoms with Crippen LogP contribution in [0.4, 0.5) is 0 Å². The second-order valence-corrected chi connectivity index (χ2v) is 5.96. The van der Waals surface area contributed by atoms with Crippen molar-refractivity contribution in [1.29, 1.82) is 0 Å². The van der Waals surface area contributed by atoms with Gasteiger partial charge in [0.05, 0.1) is 11.6 Å². The molecular weight excluding hydrogens is 316 g/mol. The van der Waals surface area contributed by atoms with Gasteiger partial charge in [0.25, 0.3) is 5.91 Å². The van der Waals surface area contributed by atoms with Crippen molar-refractivity contribution in [2.75, 3.05) is 6.61 Å². The van der Waals surface area contributed by atoms with Crippen LogP contribution in [0.1, 0.15) is 30.4 Å². The highest BCUT2D eigenvalue weighted by Crippen LogP contribution is 2.27. The number of benzene rings is 2. The first-order chi connectivity index (χ1) is 12.2. The molecule has 0 aliphatic heterocycles. The zero-order chi connectivity index (χ0) is 17.5. The van der Waals surface area contributed by atoms with Crippen LogP contribution in [0.2, 0.25) is 0 Å². The molecule has 1 aliphatic carbocycles. The fraction of sp³-hybridized carbons (Fsp3) is 0.250. The van der Waals surface area contributed by atoms with E-state index in [0.717, 1.165) is 30.4 Å². The van der Waals surface area contributed by atoms with Crippen LogP contribution >= 0.6 is 0 Å². The van der Waals surface area contributed by atoms with Gasteiger partial charge in [-0.15, -0.1) is 0 Å². The summed E-state index contributed by atoms with van der Waals surface area (Å²) in [5, 5.41) is 4.25. The summed E-state index contributed by atoms with van der Waals surface area (Å²) in [6, 6.07) is 19.2. The number of hydrazone groups is 1. The summed E-state index contributed by atoms with van der Waals surface area (Å²) in [5.74, 6) is -0.783. The van der Waals surface area contributed by atoms with Crippen molar-refractivity contribution < 1.29 is 14.3 Å². The van der Waals surface area contributed by atoms with Crippen molar-refractivity contribution in [3.63, 3.8) is 0 Å². The van der Waals surface area contributed by atoms with Crippen LogP contribution in [0.25, 0.3) is 0 Å². The molecule has 0 atom stereocenters. The summed E-state index contributed by atoms with van der Waals surface area (Å²) < 4.78 is 5.03. The minimum absolute atomic E-state index is 0.0412. The number of nitrogens with one attached hydrogen (secondary N) is 1. The molecule has 0 radical (unpaired) electrons. The Morgan fingerprint density at radius 1 is 0.960 bits per heavy atom. The van der Waals surface area contributed by atoms with Gasteiger partial charge in [-0.25, -0.2) is 5.43 Å². The van der Waals surface area contributed by atoms with Gasteiger partial charge in [-0.05, 0) is 12.8 Å². The lowest BCUT2D eigenvalue weighted by Gasteiger charge is -2.22. The normalized spacial score (nSPS) is 13.4. The molecule has 5 nitrogen and oxygen atoms in total. The van der Waals surface area contributed by atoms with E-state index < -0.39 is 5.91 Å². The number of amides is 1. The summed E-state index contributed by atoms with van der Waals surface area (Å²) >= 11 is 0. The maximum absolute atomic E-state index is 11.9. The summed E-state index contributed by atoms with van der Waals surface area (Å²) in [5.41, 5.74) is 4.91. The second kappa shape index (κ2) is 8.24. The van der Waals surface area contributed by atoms with Crippen molar-refractivity contribution in [2.45, 2.75) is 19.3 Å². The minimum Gasteiger partial charge on any atom is -0.455 e. The Kier molecular flexibility index (Phi) is 5.57. The predicted molar refractivity (Wildman–Crippen MR) is 95.0 cm³/mol. The van der Waals surface area contributed by atoms with E-state index in [2.05, 4.69) is 10.5 Å². The van der Waals surface area contributed by atoms with E-state index in [1.54, 1.807) is 0 Å². The van der Waals surface area contributed by atoms with E-state index in [-0.39, 0.29) is 18.5 Å². The second-order valence-electron chi connectivity index (χ2n) is 5.96. The smallest absolute Gasteiger partial charge is 0.309 e. The molecule has 1 fully saturated rings. The van der Waals surface area contributed by atoms with Crippen molar-refractivity contribution in [3.8, 4) is 0 Å². The van der Waals surface area contributed by atoms with Gasteiger partial charge in [-0.1, -0.05) is 67.1 Å². The van der Waals surface area contributed by atoms with Gasteiger partial charge in [0.2, 0.25) is 0 Å². The molecule has 1 amide bonds. The SMILES string of the molecule is O=C(COC(=O)C1CCC1)NN=C(c1ccccc1)c1ccccc1. The fourth-order valence-electron chi connectivity index (χ4n) is 2.54. The summed E-state index contributed by atoms with van der Waals surface area (Å²) in [6.45, 7) is -0.310. The lowest BCUT2D eigenvalue weighted by Crippen LogP contribution is -2.30. The molecule has 1 aliphatic rings. The van der Waals surface area contributed by atoms with E-state index in [1.807, 2.05) is 60.7 Å². The number of carbonyl (C=O) groups excluding carboxylic acids is 2. The van der Waals surface area contributed by atoms with E-state index in [9.17, 15) is 9.59 Å². The van der Waals surface area contributed by atoms with Crippen LogP contribution in [0.3, 0.4) is 0 Å². The number of hydrogen-bond acceptors (Lipinski definition) is 4. The molecular formula is C20H20N2O3. The number of hydrogen-bond donors (Lipinski definition) is 1. The number of carbonyl (C=O) groups is 2. The lowest BCUT2D eigenvalue weighted by molar-refractivity contribution is -0.155. The summed E-state index contributed by atoms with van der Waals surface area (Å²) in [4.78, 5) is 23.6. The maximum Gasteiger partial charge on any atom is 0.309 e. The Morgan fingerprint density at radius 3 is 2.00 bits per heavy atom. The van der Waals surface area contributed by atoms with Gasteiger partial charge >= 0.3 is 5.97 Å². The van der Waals surface area contributed by atoms with Gasteiger partial charge in [-0.2, -0.15) is 5.10 Å². The fourth-order valence-corrected chi connectivity index (χ4v) is 2.54. The van der Waals surface area contributed by atoms with Crippen LogP contribution in [-0.4, -0.2) is 24.2 Å². The topological polar surface area (TPSA) is 67.8 Å². The third-order valence-corrected chi connectivity index (χ3v) is 4.17. The monoisotopic (exact) mass is 336 g/mol. The molecule has 5 heteroatoms. The maximum atomic E-state index is 11.9. The highest BCUT2D eigenvalue weighted by Gasteiger charge is 2.27. The van der Waals surface area contributed by atoms with Crippen LogP contribution in [0.5, 0.6) is 0 Å². The van der Waals surface area contributed by atoms with Gasteiger partial charge in [-0.3, -0.25) is 9.59 Å². The Morgan fingerprint density at radius 2 is 1.52 bits per heavy atom. The summed E-state index contributed by atoms with van der Waals surface area (Å²) in [7, 11) is 0. The molecule has 1 N–H and O–H groups in total. The molecule has 0 aromatic heterocycles. The van der Waals surface area contributed by atoms with Gasteiger partial charge < -0.3 is 4.74 Å². The summed E-state index contributed by atoms with van der Waals surface area (Å²) in [6.07, 6.45) is 2.75. The van der Waals surface area contributed by atoms with Crippen LogP contribution < -0.4 is 5.43 Å². The van der Waals surface area contributed by atoms with E-state index in [0.29, 0.717) is 5.71 Å². The standard InChI is InChI=1S/C20H20N2O3/c23-18(14-25-20(24)17-12-7-13-17)21-22-19(15-8-3-1-4-9-15)16-10-5-2-6-11-16/h1-6,8-11,17H,7,12-14H2,(H,21,23). The molecule has 0 heterocycles. The first-order valence-corrected chi connectivity index (χ1v) is 8.38. The van der Waals surface area contributed by atoms with Crippen LogP contribution in [0.15, 0.2) is 65.8 Å². The van der Waals surface area contributed by atoms with E-state index >= 15 is 0 Å². The highest BCUT2D eigenvalue weighted by molar-refractivity contribution is 6.13. The molecule has 128 valence electrons. The Bertz CT molecular complexity index is 712. The highest BCUT2D eigenvalue weighted by atomic mass is 16.5. The van der Waals surface area contributed by atoms with Gasteiger partial charge in [0.1, 0.15) is 0 Å². The van der Waals surface area contributed by atoms with Gasteiger partial charge in [0.15, 0.2) is 6.61 Å². The number of esters is 1. The predicted octanol–water partition coefficient (Wildman–Crippen LogP) is 2.90. The van der Waals surface area contributed by atoms with E-state index in [1.165, 1.54) is 0 Å². The van der Waals surface area contributed by atoms with Crippen molar-refractivity contribution >= 4 is 17.6 Å². The van der Waals surface area contributed by atoms with E-state index in [4.69, 9.17) is 4.74 Å². The minimum atomic E-state index is -0.447. The molecule has 0 bridgehead atoms. The third kappa shape index (κ3) is 4.53. The first-order valence-electron chi connectivity index (χ1n) is 8.38.